The van der Waals surface area contributed by atoms with E-state index in [1.54, 1.807) is 0 Å². The number of allylic oxidation sites excluding steroid dienone is 1. The molecule has 0 spiro atoms. The van der Waals surface area contributed by atoms with Gasteiger partial charge in [0.15, 0.2) is 0 Å². The minimum absolute atomic E-state index is 0.141. The molecule has 1 N–H and O–H groups in total. The minimum Gasteiger partial charge on any atom is -0.481 e. The molecule has 9 heavy (non-hydrogen) atoms. The summed E-state index contributed by atoms with van der Waals surface area (Å²) in [5.74, 6) is -0.814. The highest BCUT2D eigenvalue weighted by Gasteiger charge is 2.23. The molecule has 50 valence electrons. The molecule has 1 aliphatic carbocycles. The topological polar surface area (TPSA) is 37.3 Å². The summed E-state index contributed by atoms with van der Waals surface area (Å²) in [6, 6.07) is 0. The fourth-order valence-corrected chi connectivity index (χ4v) is 1.14. The summed E-state index contributed by atoms with van der Waals surface area (Å²) < 4.78 is 0. The zero-order valence-electron chi connectivity index (χ0n) is 5.26. The van der Waals surface area contributed by atoms with Crippen molar-refractivity contribution in [1.82, 2.24) is 0 Å². The summed E-state index contributed by atoms with van der Waals surface area (Å²) in [5.41, 5.74) is 1.09. The Kier molecular flexibility index (Phi) is 1.56. The molecule has 0 aliphatic heterocycles. The van der Waals surface area contributed by atoms with E-state index in [1.807, 2.05) is 0 Å². The third-order valence-corrected chi connectivity index (χ3v) is 1.73. The van der Waals surface area contributed by atoms with E-state index in [0.717, 1.165) is 18.4 Å². The fraction of sp³-hybridized carbons (Fsp3) is 0.571. The van der Waals surface area contributed by atoms with Gasteiger partial charge in [0, 0.05) is 0 Å². The summed E-state index contributed by atoms with van der Waals surface area (Å²) >= 11 is 0. The Hall–Kier alpha value is -0.790. The van der Waals surface area contributed by atoms with Crippen molar-refractivity contribution in [3.63, 3.8) is 0 Å². The lowest BCUT2D eigenvalue weighted by Gasteiger charge is -1.97. The summed E-state index contributed by atoms with van der Waals surface area (Å²) in [6.45, 7) is 3.72. The maximum atomic E-state index is 10.3. The highest BCUT2D eigenvalue weighted by atomic mass is 16.4. The van der Waals surface area contributed by atoms with Gasteiger partial charge in [-0.2, -0.15) is 0 Å². The van der Waals surface area contributed by atoms with Crippen LogP contribution in [0.25, 0.3) is 0 Å². The van der Waals surface area contributed by atoms with E-state index >= 15 is 0 Å². The molecule has 0 amide bonds. The predicted molar refractivity (Wildman–Crippen MR) is 34.1 cm³/mol. The van der Waals surface area contributed by atoms with Crippen molar-refractivity contribution in [3.05, 3.63) is 12.2 Å². The Morgan fingerprint density at radius 2 is 2.44 bits per heavy atom. The molecular weight excluding hydrogens is 116 g/mol. The molecule has 1 rings (SSSR count). The molecule has 0 bridgehead atoms. The van der Waals surface area contributed by atoms with Crippen LogP contribution >= 0.6 is 0 Å². The van der Waals surface area contributed by atoms with Gasteiger partial charge < -0.3 is 5.11 Å². The summed E-state index contributed by atoms with van der Waals surface area (Å²) in [6.07, 6.45) is 2.38. The predicted octanol–water partition coefficient (Wildman–Crippen LogP) is 1.43. The van der Waals surface area contributed by atoms with Crippen LogP contribution in [0.15, 0.2) is 12.2 Å². The number of carboxylic acid groups (broad SMARTS) is 1. The second-order valence-corrected chi connectivity index (χ2v) is 2.53. The quantitative estimate of drug-likeness (QED) is 0.539. The van der Waals surface area contributed by atoms with Gasteiger partial charge in [0.2, 0.25) is 0 Å². The van der Waals surface area contributed by atoms with Gasteiger partial charge in [0.25, 0.3) is 0 Å². The van der Waals surface area contributed by atoms with Crippen LogP contribution in [-0.4, -0.2) is 11.1 Å². The minimum atomic E-state index is -0.673. The van der Waals surface area contributed by atoms with Crippen LogP contribution in [0.5, 0.6) is 0 Å². The number of carbonyl (C=O) groups is 1. The molecule has 0 aromatic carbocycles. The van der Waals surface area contributed by atoms with E-state index in [2.05, 4.69) is 6.58 Å². The Morgan fingerprint density at radius 1 is 1.78 bits per heavy atom. The molecule has 1 atom stereocenters. The van der Waals surface area contributed by atoms with Gasteiger partial charge in [-0.05, 0) is 19.3 Å². The maximum absolute atomic E-state index is 10.3. The van der Waals surface area contributed by atoms with Gasteiger partial charge in [0.05, 0.1) is 5.92 Å². The first-order valence-corrected chi connectivity index (χ1v) is 3.09. The molecule has 1 fully saturated rings. The number of rotatable bonds is 1. The molecule has 0 unspecified atom stereocenters. The molecule has 2 nitrogen and oxygen atoms in total. The highest BCUT2D eigenvalue weighted by molar-refractivity contribution is 5.71. The van der Waals surface area contributed by atoms with Crippen molar-refractivity contribution in [2.75, 3.05) is 0 Å². The number of aliphatic carboxylic acids is 1. The van der Waals surface area contributed by atoms with E-state index in [9.17, 15) is 4.79 Å². The summed E-state index contributed by atoms with van der Waals surface area (Å²) in [5, 5.41) is 8.49. The first kappa shape index (κ1) is 6.33. The lowest BCUT2D eigenvalue weighted by atomic mass is 10.1. The summed E-state index contributed by atoms with van der Waals surface area (Å²) in [4.78, 5) is 10.3. The molecule has 0 aromatic heterocycles. The molecule has 0 saturated heterocycles. The SMILES string of the molecule is C=C1CC[C@@H](C(=O)O)C1. The van der Waals surface area contributed by atoms with Gasteiger partial charge >= 0.3 is 5.97 Å². The summed E-state index contributed by atoms with van der Waals surface area (Å²) in [7, 11) is 0. The first-order chi connectivity index (χ1) is 4.20. The standard InChI is InChI=1S/C7H10O2/c1-5-2-3-6(4-5)7(8)9/h6H,1-4H2,(H,8,9)/t6-/m1/s1. The van der Waals surface area contributed by atoms with Crippen LogP contribution < -0.4 is 0 Å². The largest absolute Gasteiger partial charge is 0.481 e. The van der Waals surface area contributed by atoms with E-state index < -0.39 is 5.97 Å². The van der Waals surface area contributed by atoms with E-state index in [4.69, 9.17) is 5.11 Å². The second kappa shape index (κ2) is 2.21. The van der Waals surface area contributed by atoms with Crippen molar-refractivity contribution in [2.24, 2.45) is 5.92 Å². The average molecular weight is 126 g/mol. The van der Waals surface area contributed by atoms with Gasteiger partial charge in [-0.25, -0.2) is 0 Å². The molecule has 1 aliphatic rings. The van der Waals surface area contributed by atoms with Crippen molar-refractivity contribution in [2.45, 2.75) is 19.3 Å². The lowest BCUT2D eigenvalue weighted by molar-refractivity contribution is -0.141. The third kappa shape index (κ3) is 1.31. The van der Waals surface area contributed by atoms with Crippen molar-refractivity contribution < 1.29 is 9.90 Å². The lowest BCUT2D eigenvalue weighted by Crippen LogP contribution is -2.08. The van der Waals surface area contributed by atoms with Gasteiger partial charge in [-0.1, -0.05) is 12.2 Å². The van der Waals surface area contributed by atoms with Gasteiger partial charge in [0.1, 0.15) is 0 Å². The van der Waals surface area contributed by atoms with Crippen LogP contribution in [-0.2, 0) is 4.79 Å². The van der Waals surface area contributed by atoms with Gasteiger partial charge in [-0.3, -0.25) is 4.79 Å². The Labute approximate surface area is 54.2 Å². The maximum Gasteiger partial charge on any atom is 0.306 e. The van der Waals surface area contributed by atoms with Crippen LogP contribution in [0, 0.1) is 5.92 Å². The molecular formula is C7H10O2. The number of hydrogen-bond donors (Lipinski definition) is 1. The number of carboxylic acids is 1. The van der Waals surface area contributed by atoms with Crippen LogP contribution in [0.1, 0.15) is 19.3 Å². The fourth-order valence-electron chi connectivity index (χ4n) is 1.14. The Balaban J connectivity index is 2.48. The Morgan fingerprint density at radius 3 is 2.67 bits per heavy atom. The molecule has 2 heteroatoms. The average Bonchev–Trinajstić information content (AvgIpc) is 2.14. The molecule has 0 heterocycles. The second-order valence-electron chi connectivity index (χ2n) is 2.53. The van der Waals surface area contributed by atoms with E-state index in [-0.39, 0.29) is 5.92 Å². The zero-order valence-corrected chi connectivity index (χ0v) is 5.26. The zero-order chi connectivity index (χ0) is 6.85. The normalized spacial score (nSPS) is 26.7. The van der Waals surface area contributed by atoms with Gasteiger partial charge in [-0.15, -0.1) is 0 Å². The third-order valence-electron chi connectivity index (χ3n) is 1.73. The van der Waals surface area contributed by atoms with E-state index in [1.165, 1.54) is 0 Å². The van der Waals surface area contributed by atoms with Crippen LogP contribution in [0.2, 0.25) is 0 Å². The first-order valence-electron chi connectivity index (χ1n) is 3.09. The van der Waals surface area contributed by atoms with Crippen molar-refractivity contribution >= 4 is 5.97 Å². The highest BCUT2D eigenvalue weighted by Crippen LogP contribution is 2.28. The van der Waals surface area contributed by atoms with E-state index in [0.29, 0.717) is 6.42 Å². The van der Waals surface area contributed by atoms with Crippen LogP contribution in [0.4, 0.5) is 0 Å². The molecule has 0 radical (unpaired) electrons. The molecule has 1 saturated carbocycles. The smallest absolute Gasteiger partial charge is 0.306 e. The van der Waals surface area contributed by atoms with Crippen molar-refractivity contribution in [1.29, 1.82) is 0 Å². The Bertz CT molecular complexity index is 149. The number of hydrogen-bond acceptors (Lipinski definition) is 1. The molecule has 0 aromatic rings. The van der Waals surface area contributed by atoms with Crippen LogP contribution in [0.3, 0.4) is 0 Å². The van der Waals surface area contributed by atoms with Crippen molar-refractivity contribution in [3.8, 4) is 0 Å². The monoisotopic (exact) mass is 126 g/mol.